The number of rotatable bonds is 3. The van der Waals surface area contributed by atoms with E-state index < -0.39 is 0 Å². The molecule has 0 fully saturated rings. The summed E-state index contributed by atoms with van der Waals surface area (Å²) in [7, 11) is 1.91. The van der Waals surface area contributed by atoms with Crippen molar-refractivity contribution in [2.24, 2.45) is 0 Å². The normalized spacial score (nSPS) is 12.4. The van der Waals surface area contributed by atoms with Crippen molar-refractivity contribution >= 4 is 0 Å². The van der Waals surface area contributed by atoms with Crippen molar-refractivity contribution in [1.29, 1.82) is 0 Å². The quantitative estimate of drug-likeness (QED) is 0.652. The fraction of sp³-hybridized carbons (Fsp3) is 0.667. The molecule has 47 valence electrons. The van der Waals surface area contributed by atoms with Gasteiger partial charge in [-0.05, 0) is 7.05 Å². The van der Waals surface area contributed by atoms with Gasteiger partial charge < -0.3 is 19.2 Å². The standard InChI is InChI=1S/C6H13N.Y/c1-4-5-6(2)7-3;/h6-7H,1-2,4-5H2,3H3;/q-2;. The monoisotopic (exact) mass is 188 g/mol. The molecule has 0 heterocycles. The third-order valence-electron chi connectivity index (χ3n) is 0.961. The number of hydrogen-bond donors (Lipinski definition) is 1. The van der Waals surface area contributed by atoms with Crippen LogP contribution in [0.5, 0.6) is 0 Å². The van der Waals surface area contributed by atoms with Gasteiger partial charge in [0.2, 0.25) is 0 Å². The first-order valence-electron chi connectivity index (χ1n) is 2.61. The Kier molecular flexibility index (Phi) is 11.9. The predicted molar refractivity (Wildman–Crippen MR) is 32.8 cm³/mol. The Labute approximate surface area is 77.5 Å². The molecular weight excluding hydrogens is 175 g/mol. The van der Waals surface area contributed by atoms with Gasteiger partial charge in [-0.15, -0.1) is 6.04 Å². The van der Waals surface area contributed by atoms with Gasteiger partial charge in [0.15, 0.2) is 0 Å². The Morgan fingerprint density at radius 3 is 2.25 bits per heavy atom. The molecule has 1 radical (unpaired) electrons. The van der Waals surface area contributed by atoms with Gasteiger partial charge >= 0.3 is 0 Å². The van der Waals surface area contributed by atoms with E-state index in [9.17, 15) is 0 Å². The maximum atomic E-state index is 3.80. The Morgan fingerprint density at radius 1 is 1.62 bits per heavy atom. The second kappa shape index (κ2) is 8.06. The summed E-state index contributed by atoms with van der Waals surface area (Å²) in [5.41, 5.74) is 0. The third kappa shape index (κ3) is 7.06. The average Bonchev–Trinajstić information content (AvgIpc) is 1.68. The van der Waals surface area contributed by atoms with Crippen LogP contribution in [-0.2, 0) is 32.7 Å². The van der Waals surface area contributed by atoms with Crippen molar-refractivity contribution in [3.8, 4) is 0 Å². The Hall–Kier alpha value is 1.06. The zero-order valence-corrected chi connectivity index (χ0v) is 8.32. The van der Waals surface area contributed by atoms with Gasteiger partial charge in [-0.1, -0.05) is 6.42 Å². The fourth-order valence-corrected chi connectivity index (χ4v) is 0.391. The van der Waals surface area contributed by atoms with Crippen LogP contribution in [0.1, 0.15) is 12.8 Å². The van der Waals surface area contributed by atoms with Crippen molar-refractivity contribution in [3.63, 3.8) is 0 Å². The topological polar surface area (TPSA) is 12.0 Å². The van der Waals surface area contributed by atoms with Crippen LogP contribution in [0.25, 0.3) is 0 Å². The molecule has 0 aliphatic heterocycles. The molecule has 0 aromatic heterocycles. The molecule has 0 saturated heterocycles. The van der Waals surface area contributed by atoms with E-state index in [2.05, 4.69) is 19.2 Å². The zero-order chi connectivity index (χ0) is 5.70. The van der Waals surface area contributed by atoms with Crippen LogP contribution in [0.2, 0.25) is 0 Å². The van der Waals surface area contributed by atoms with Crippen molar-refractivity contribution < 1.29 is 32.7 Å². The Balaban J connectivity index is 0. The van der Waals surface area contributed by atoms with Gasteiger partial charge in [-0.25, -0.2) is 0 Å². The molecule has 1 nitrogen and oxygen atoms in total. The summed E-state index contributed by atoms with van der Waals surface area (Å²) in [6.45, 7) is 7.49. The van der Waals surface area contributed by atoms with Crippen LogP contribution in [0.15, 0.2) is 0 Å². The van der Waals surface area contributed by atoms with Gasteiger partial charge in [0.1, 0.15) is 0 Å². The van der Waals surface area contributed by atoms with Gasteiger partial charge in [-0.3, -0.25) is 0 Å². The molecule has 0 spiro atoms. The SMILES string of the molecule is [CH2-]CCC([CH2-])NC.[Y]. The van der Waals surface area contributed by atoms with Crippen LogP contribution in [0.4, 0.5) is 0 Å². The minimum Gasteiger partial charge on any atom is -0.347 e. The van der Waals surface area contributed by atoms with Crippen molar-refractivity contribution in [3.05, 3.63) is 13.8 Å². The minimum absolute atomic E-state index is 0. The Bertz CT molecular complexity index is 39.5. The molecule has 0 bridgehead atoms. The molecule has 1 unspecified atom stereocenters. The summed E-state index contributed by atoms with van der Waals surface area (Å²) in [6, 6.07) is 0.387. The van der Waals surface area contributed by atoms with E-state index in [0.29, 0.717) is 6.04 Å². The molecule has 0 rings (SSSR count). The van der Waals surface area contributed by atoms with E-state index in [-0.39, 0.29) is 32.7 Å². The first-order chi connectivity index (χ1) is 3.31. The second-order valence-electron chi connectivity index (χ2n) is 1.63. The van der Waals surface area contributed by atoms with Gasteiger partial charge in [0.25, 0.3) is 0 Å². The van der Waals surface area contributed by atoms with E-state index in [4.69, 9.17) is 0 Å². The summed E-state index contributed by atoms with van der Waals surface area (Å²) < 4.78 is 0. The maximum absolute atomic E-state index is 3.80. The van der Waals surface area contributed by atoms with E-state index in [0.717, 1.165) is 12.8 Å². The summed E-state index contributed by atoms with van der Waals surface area (Å²) in [4.78, 5) is 0. The van der Waals surface area contributed by atoms with Gasteiger partial charge in [0.05, 0.1) is 0 Å². The largest absolute Gasteiger partial charge is 0.347 e. The van der Waals surface area contributed by atoms with E-state index in [1.54, 1.807) is 0 Å². The molecule has 0 aromatic rings. The average molecular weight is 188 g/mol. The fourth-order valence-electron chi connectivity index (χ4n) is 0.391. The summed E-state index contributed by atoms with van der Waals surface area (Å²) in [6.07, 6.45) is 2.03. The first-order valence-corrected chi connectivity index (χ1v) is 2.61. The number of nitrogens with one attached hydrogen (secondary N) is 1. The van der Waals surface area contributed by atoms with Crippen LogP contribution in [0, 0.1) is 13.8 Å². The van der Waals surface area contributed by atoms with Crippen LogP contribution < -0.4 is 5.32 Å². The molecular formula is C6H13NY-2. The van der Waals surface area contributed by atoms with Crippen molar-refractivity contribution in [1.82, 2.24) is 5.32 Å². The van der Waals surface area contributed by atoms with Gasteiger partial charge in [-0.2, -0.15) is 6.42 Å². The van der Waals surface area contributed by atoms with Crippen LogP contribution in [0.3, 0.4) is 0 Å². The Morgan fingerprint density at radius 2 is 2.12 bits per heavy atom. The molecule has 0 aromatic carbocycles. The molecule has 0 saturated carbocycles. The smallest absolute Gasteiger partial charge is 0 e. The molecule has 0 aliphatic rings. The minimum atomic E-state index is 0. The first kappa shape index (κ1) is 11.8. The number of hydrogen-bond acceptors (Lipinski definition) is 1. The summed E-state index contributed by atoms with van der Waals surface area (Å²) in [5.74, 6) is 0. The molecule has 1 atom stereocenters. The van der Waals surface area contributed by atoms with Crippen molar-refractivity contribution in [2.45, 2.75) is 18.9 Å². The zero-order valence-electron chi connectivity index (χ0n) is 5.48. The van der Waals surface area contributed by atoms with E-state index in [1.807, 2.05) is 7.05 Å². The molecule has 0 amide bonds. The molecule has 8 heavy (non-hydrogen) atoms. The summed E-state index contributed by atoms with van der Waals surface area (Å²) in [5, 5.41) is 3.01. The second-order valence-corrected chi connectivity index (χ2v) is 1.63. The van der Waals surface area contributed by atoms with E-state index >= 15 is 0 Å². The summed E-state index contributed by atoms with van der Waals surface area (Å²) >= 11 is 0. The van der Waals surface area contributed by atoms with E-state index in [1.165, 1.54) is 0 Å². The van der Waals surface area contributed by atoms with Gasteiger partial charge in [0, 0.05) is 32.7 Å². The predicted octanol–water partition coefficient (Wildman–Crippen LogP) is 1.02. The van der Waals surface area contributed by atoms with Crippen LogP contribution >= 0.6 is 0 Å². The molecule has 1 N–H and O–H groups in total. The molecule has 2 heteroatoms. The molecule has 0 aliphatic carbocycles. The maximum Gasteiger partial charge on any atom is 0 e. The van der Waals surface area contributed by atoms with Crippen LogP contribution in [-0.4, -0.2) is 13.1 Å². The third-order valence-corrected chi connectivity index (χ3v) is 0.961. The van der Waals surface area contributed by atoms with Crippen molar-refractivity contribution in [2.75, 3.05) is 7.05 Å².